The first-order valence-corrected chi connectivity index (χ1v) is 3.43. The molecule has 9 heavy (non-hydrogen) atoms. The van der Waals surface area contributed by atoms with Crippen LogP contribution in [0, 0.1) is 5.41 Å². The molecule has 2 aliphatic rings. The van der Waals surface area contributed by atoms with Gasteiger partial charge in [0.05, 0.1) is 0 Å². The number of allylic oxidation sites excluding steroid dienone is 3. The van der Waals surface area contributed by atoms with Gasteiger partial charge in [-0.25, -0.2) is 0 Å². The van der Waals surface area contributed by atoms with Crippen molar-refractivity contribution >= 4 is 0 Å². The summed E-state index contributed by atoms with van der Waals surface area (Å²) in [5, 5.41) is 0. The third kappa shape index (κ3) is 0.583. The van der Waals surface area contributed by atoms with Gasteiger partial charge in [-0.1, -0.05) is 23.8 Å². The Kier molecular flexibility index (Phi) is 0.862. The average molecular weight is 121 g/mol. The van der Waals surface area contributed by atoms with Crippen molar-refractivity contribution in [3.05, 3.63) is 23.8 Å². The highest BCUT2D eigenvalue weighted by molar-refractivity contribution is 5.37. The van der Waals surface area contributed by atoms with E-state index in [1.807, 2.05) is 0 Å². The van der Waals surface area contributed by atoms with Crippen molar-refractivity contribution in [1.29, 1.82) is 0 Å². The van der Waals surface area contributed by atoms with Gasteiger partial charge in [-0.2, -0.15) is 0 Å². The molecule has 0 aromatic rings. The molecule has 0 amide bonds. The zero-order valence-corrected chi connectivity index (χ0v) is 5.43. The summed E-state index contributed by atoms with van der Waals surface area (Å²) in [6.07, 6.45) is 9.14. The van der Waals surface area contributed by atoms with Crippen molar-refractivity contribution in [2.45, 2.75) is 12.8 Å². The lowest BCUT2D eigenvalue weighted by atomic mass is 9.88. The Morgan fingerprint density at radius 2 is 2.56 bits per heavy atom. The van der Waals surface area contributed by atoms with Gasteiger partial charge >= 0.3 is 0 Å². The number of hydrogen-bond acceptors (Lipinski definition) is 1. The van der Waals surface area contributed by atoms with Crippen LogP contribution in [0.5, 0.6) is 0 Å². The maximum Gasteiger partial charge on any atom is 0.00823 e. The van der Waals surface area contributed by atoms with Crippen molar-refractivity contribution in [2.24, 2.45) is 11.1 Å². The average Bonchev–Trinajstić information content (AvgIpc) is 2.46. The van der Waals surface area contributed by atoms with Crippen molar-refractivity contribution < 1.29 is 0 Å². The minimum Gasteiger partial charge on any atom is -0.330 e. The van der Waals surface area contributed by atoms with E-state index in [0.29, 0.717) is 5.41 Å². The first kappa shape index (κ1) is 5.24. The summed E-state index contributed by atoms with van der Waals surface area (Å²) < 4.78 is 0. The number of fused-ring (bicyclic) bond motifs is 2. The lowest BCUT2D eigenvalue weighted by Gasteiger charge is -2.19. The van der Waals surface area contributed by atoms with E-state index in [9.17, 15) is 0 Å². The lowest BCUT2D eigenvalue weighted by molar-refractivity contribution is 0.435. The quantitative estimate of drug-likeness (QED) is 0.554. The van der Waals surface area contributed by atoms with Gasteiger partial charge in [0.2, 0.25) is 0 Å². The van der Waals surface area contributed by atoms with Crippen LogP contribution in [0.1, 0.15) is 12.8 Å². The van der Waals surface area contributed by atoms with Crippen molar-refractivity contribution in [1.82, 2.24) is 0 Å². The predicted octanol–water partition coefficient (Wildman–Crippen LogP) is 1.22. The summed E-state index contributed by atoms with van der Waals surface area (Å²) in [5.74, 6) is 0. The summed E-state index contributed by atoms with van der Waals surface area (Å²) in [6, 6.07) is 0. The van der Waals surface area contributed by atoms with E-state index in [2.05, 4.69) is 18.2 Å². The van der Waals surface area contributed by atoms with Gasteiger partial charge in [-0.15, -0.1) is 0 Å². The second-order valence-corrected chi connectivity index (χ2v) is 3.06. The Hall–Kier alpha value is -0.560. The topological polar surface area (TPSA) is 26.0 Å². The van der Waals surface area contributed by atoms with E-state index in [1.165, 1.54) is 18.4 Å². The molecule has 1 atom stereocenters. The smallest absolute Gasteiger partial charge is 0.00823 e. The van der Waals surface area contributed by atoms with E-state index >= 15 is 0 Å². The highest BCUT2D eigenvalue weighted by Crippen LogP contribution is 2.43. The van der Waals surface area contributed by atoms with Crippen LogP contribution < -0.4 is 5.73 Å². The molecular weight excluding hydrogens is 110 g/mol. The Morgan fingerprint density at radius 1 is 1.67 bits per heavy atom. The van der Waals surface area contributed by atoms with Crippen molar-refractivity contribution in [3.63, 3.8) is 0 Å². The monoisotopic (exact) mass is 121 g/mol. The molecule has 0 aliphatic heterocycles. The Bertz CT molecular complexity index is 191. The van der Waals surface area contributed by atoms with Crippen LogP contribution >= 0.6 is 0 Å². The molecule has 2 bridgehead atoms. The molecule has 0 aromatic carbocycles. The molecule has 0 saturated heterocycles. The van der Waals surface area contributed by atoms with E-state index in [1.54, 1.807) is 0 Å². The van der Waals surface area contributed by atoms with Gasteiger partial charge < -0.3 is 5.73 Å². The SMILES string of the molecule is NCC12C=CC(=CC1)C2. The second-order valence-electron chi connectivity index (χ2n) is 3.06. The molecule has 2 rings (SSSR count). The normalized spacial score (nSPS) is 37.7. The molecule has 2 N–H and O–H groups in total. The number of rotatable bonds is 1. The van der Waals surface area contributed by atoms with Crippen LogP contribution in [0.15, 0.2) is 23.8 Å². The zero-order valence-electron chi connectivity index (χ0n) is 5.43. The molecule has 0 aromatic heterocycles. The van der Waals surface area contributed by atoms with Crippen LogP contribution in [-0.2, 0) is 0 Å². The minimum atomic E-state index is 0.356. The van der Waals surface area contributed by atoms with Crippen LogP contribution in [-0.4, -0.2) is 6.54 Å². The number of hydrogen-bond donors (Lipinski definition) is 1. The molecule has 1 unspecified atom stereocenters. The van der Waals surface area contributed by atoms with Gasteiger partial charge in [0, 0.05) is 12.0 Å². The highest BCUT2D eigenvalue weighted by atomic mass is 14.6. The molecular formula is C8H11N. The second kappa shape index (κ2) is 1.48. The fourth-order valence-corrected chi connectivity index (χ4v) is 1.65. The number of nitrogens with two attached hydrogens (primary N) is 1. The van der Waals surface area contributed by atoms with Crippen LogP contribution in [0.2, 0.25) is 0 Å². The zero-order chi connectivity index (χ0) is 6.32. The first-order valence-electron chi connectivity index (χ1n) is 3.43. The summed E-state index contributed by atoms with van der Waals surface area (Å²) in [7, 11) is 0. The van der Waals surface area contributed by atoms with Crippen LogP contribution in [0.3, 0.4) is 0 Å². The standard InChI is InChI=1S/C8H11N/c9-6-8-3-1-7(5-8)2-4-8/h1-3H,4-6,9H2. The van der Waals surface area contributed by atoms with Crippen molar-refractivity contribution in [2.75, 3.05) is 6.54 Å². The van der Waals surface area contributed by atoms with E-state index in [0.717, 1.165) is 6.54 Å². The highest BCUT2D eigenvalue weighted by Gasteiger charge is 2.33. The Morgan fingerprint density at radius 3 is 2.78 bits per heavy atom. The largest absolute Gasteiger partial charge is 0.330 e. The maximum atomic E-state index is 5.62. The van der Waals surface area contributed by atoms with Crippen LogP contribution in [0.25, 0.3) is 0 Å². The van der Waals surface area contributed by atoms with Gasteiger partial charge in [-0.05, 0) is 12.8 Å². The summed E-state index contributed by atoms with van der Waals surface area (Å²) >= 11 is 0. The summed E-state index contributed by atoms with van der Waals surface area (Å²) in [6.45, 7) is 0.809. The first-order chi connectivity index (χ1) is 4.35. The molecule has 2 aliphatic carbocycles. The van der Waals surface area contributed by atoms with Crippen molar-refractivity contribution in [3.8, 4) is 0 Å². The van der Waals surface area contributed by atoms with E-state index in [-0.39, 0.29) is 0 Å². The maximum absolute atomic E-state index is 5.62. The Labute approximate surface area is 55.2 Å². The molecule has 1 nitrogen and oxygen atoms in total. The summed E-state index contributed by atoms with van der Waals surface area (Å²) in [5.41, 5.74) is 7.46. The van der Waals surface area contributed by atoms with Gasteiger partial charge in [0.15, 0.2) is 0 Å². The molecule has 0 saturated carbocycles. The summed E-state index contributed by atoms with van der Waals surface area (Å²) in [4.78, 5) is 0. The lowest BCUT2D eigenvalue weighted by Crippen LogP contribution is -2.23. The van der Waals surface area contributed by atoms with Gasteiger partial charge in [-0.3, -0.25) is 0 Å². The van der Waals surface area contributed by atoms with Crippen LogP contribution in [0.4, 0.5) is 0 Å². The fourth-order valence-electron chi connectivity index (χ4n) is 1.65. The fraction of sp³-hybridized carbons (Fsp3) is 0.500. The van der Waals surface area contributed by atoms with E-state index in [4.69, 9.17) is 5.73 Å². The van der Waals surface area contributed by atoms with E-state index < -0.39 is 0 Å². The molecule has 0 radical (unpaired) electrons. The third-order valence-corrected chi connectivity index (χ3v) is 2.38. The molecule has 48 valence electrons. The van der Waals surface area contributed by atoms with Gasteiger partial charge in [0.1, 0.15) is 0 Å². The minimum absolute atomic E-state index is 0.356. The predicted molar refractivity (Wildman–Crippen MR) is 37.9 cm³/mol. The Balaban J connectivity index is 2.31. The molecule has 0 heterocycles. The molecule has 1 heteroatoms. The molecule has 0 spiro atoms. The molecule has 0 fully saturated rings. The third-order valence-electron chi connectivity index (χ3n) is 2.38. The van der Waals surface area contributed by atoms with Gasteiger partial charge in [0.25, 0.3) is 0 Å².